The summed E-state index contributed by atoms with van der Waals surface area (Å²) in [5.74, 6) is -0.00523. The summed E-state index contributed by atoms with van der Waals surface area (Å²) < 4.78 is 16.1. The fourth-order valence-corrected chi connectivity index (χ4v) is 3.32. The molecule has 1 amide bonds. The number of nitrogens with one attached hydrogen (secondary N) is 1. The zero-order valence-corrected chi connectivity index (χ0v) is 16.2. The molecule has 0 bridgehead atoms. The van der Waals surface area contributed by atoms with Crippen LogP contribution in [-0.4, -0.2) is 48.6 Å². The first-order valence-corrected chi connectivity index (χ1v) is 9.31. The number of carboxylic acids is 1. The van der Waals surface area contributed by atoms with E-state index in [2.05, 4.69) is 10.5 Å². The van der Waals surface area contributed by atoms with Gasteiger partial charge < -0.3 is 29.5 Å². The summed E-state index contributed by atoms with van der Waals surface area (Å²) in [6.45, 7) is 0.870. The molecule has 9 nitrogen and oxygen atoms in total. The molecule has 156 valence electrons. The van der Waals surface area contributed by atoms with Crippen LogP contribution in [0, 0.1) is 0 Å². The Balaban J connectivity index is 1.53. The summed E-state index contributed by atoms with van der Waals surface area (Å²) in [7, 11) is 1.56. The van der Waals surface area contributed by atoms with E-state index in [0.29, 0.717) is 41.9 Å². The number of anilines is 1. The molecule has 2 aliphatic heterocycles. The van der Waals surface area contributed by atoms with Gasteiger partial charge in [0, 0.05) is 18.2 Å². The molecule has 0 radical (unpaired) electrons. The first kappa shape index (κ1) is 19.6. The molecule has 2 aromatic rings. The number of ether oxygens (including phenoxy) is 3. The fourth-order valence-electron chi connectivity index (χ4n) is 3.32. The lowest BCUT2D eigenvalue weighted by molar-refractivity contribution is -0.152. The number of carboxylic acid groups (broad SMARTS) is 1. The average molecular weight is 412 g/mol. The zero-order valence-electron chi connectivity index (χ0n) is 16.2. The second kappa shape index (κ2) is 7.94. The van der Waals surface area contributed by atoms with E-state index in [9.17, 15) is 14.7 Å². The van der Waals surface area contributed by atoms with Gasteiger partial charge in [0.2, 0.25) is 5.60 Å². The summed E-state index contributed by atoms with van der Waals surface area (Å²) in [5, 5.41) is 16.1. The van der Waals surface area contributed by atoms with Crippen LogP contribution in [0.5, 0.6) is 17.2 Å². The van der Waals surface area contributed by atoms with Gasteiger partial charge in [0.25, 0.3) is 5.91 Å². The third-order valence-electron chi connectivity index (χ3n) is 4.86. The van der Waals surface area contributed by atoms with Crippen LogP contribution in [-0.2, 0) is 14.4 Å². The predicted molar refractivity (Wildman–Crippen MR) is 106 cm³/mol. The van der Waals surface area contributed by atoms with Crippen molar-refractivity contribution in [2.24, 2.45) is 5.16 Å². The first-order chi connectivity index (χ1) is 14.5. The fraction of sp³-hybridized carbons (Fsp3) is 0.286. The molecule has 0 saturated heterocycles. The average Bonchev–Trinajstić information content (AvgIpc) is 3.18. The van der Waals surface area contributed by atoms with Crippen LogP contribution >= 0.6 is 0 Å². The molecule has 0 aromatic heterocycles. The third kappa shape index (κ3) is 3.86. The van der Waals surface area contributed by atoms with E-state index in [1.54, 1.807) is 49.6 Å². The molecular weight excluding hydrogens is 392 g/mol. The van der Waals surface area contributed by atoms with Crippen LogP contribution in [0.2, 0.25) is 0 Å². The van der Waals surface area contributed by atoms with E-state index in [0.717, 1.165) is 5.56 Å². The van der Waals surface area contributed by atoms with E-state index in [4.69, 9.17) is 19.0 Å². The van der Waals surface area contributed by atoms with E-state index >= 15 is 0 Å². The van der Waals surface area contributed by atoms with Gasteiger partial charge in [-0.15, -0.1) is 0 Å². The topological polar surface area (TPSA) is 116 Å². The number of amides is 1. The maximum atomic E-state index is 13.1. The number of hydrogen-bond donors (Lipinski definition) is 2. The lowest BCUT2D eigenvalue weighted by atomic mass is 9.90. The number of carbonyl (C=O) groups is 2. The van der Waals surface area contributed by atoms with Gasteiger partial charge in [-0.05, 0) is 42.0 Å². The van der Waals surface area contributed by atoms with Crippen molar-refractivity contribution in [2.75, 3.05) is 25.6 Å². The van der Waals surface area contributed by atoms with Crippen molar-refractivity contribution in [3.05, 3.63) is 48.0 Å². The molecule has 0 fully saturated rings. The molecule has 0 unspecified atom stereocenters. The van der Waals surface area contributed by atoms with Gasteiger partial charge in [0.05, 0.1) is 19.2 Å². The van der Waals surface area contributed by atoms with Gasteiger partial charge in [-0.2, -0.15) is 0 Å². The Labute approximate surface area is 172 Å². The number of carbonyl (C=O) groups excluding carboxylic acids is 1. The van der Waals surface area contributed by atoms with Gasteiger partial charge in [-0.1, -0.05) is 5.16 Å². The van der Waals surface area contributed by atoms with Crippen molar-refractivity contribution in [1.82, 2.24) is 0 Å². The number of fused-ring (bicyclic) bond motifs is 1. The van der Waals surface area contributed by atoms with Crippen LogP contribution < -0.4 is 19.5 Å². The van der Waals surface area contributed by atoms with Crippen LogP contribution in [0.3, 0.4) is 0 Å². The van der Waals surface area contributed by atoms with E-state index in [1.165, 1.54) is 0 Å². The molecule has 2 aromatic carbocycles. The van der Waals surface area contributed by atoms with Crippen LogP contribution in [0.15, 0.2) is 47.6 Å². The second-order valence-corrected chi connectivity index (χ2v) is 6.91. The molecule has 0 aliphatic carbocycles. The van der Waals surface area contributed by atoms with E-state index < -0.39 is 23.9 Å². The van der Waals surface area contributed by atoms with Crippen molar-refractivity contribution in [3.8, 4) is 17.2 Å². The minimum Gasteiger partial charge on any atom is -0.497 e. The maximum absolute atomic E-state index is 13.1. The molecule has 0 spiro atoms. The normalized spacial score (nSPS) is 19.4. The highest BCUT2D eigenvalue weighted by Crippen LogP contribution is 2.35. The highest BCUT2D eigenvalue weighted by molar-refractivity contribution is 6.09. The monoisotopic (exact) mass is 412 g/mol. The van der Waals surface area contributed by atoms with Crippen molar-refractivity contribution in [1.29, 1.82) is 0 Å². The summed E-state index contributed by atoms with van der Waals surface area (Å²) in [5.41, 5.74) is -0.0177. The molecule has 9 heteroatoms. The first-order valence-electron chi connectivity index (χ1n) is 9.31. The number of hydrogen-bond acceptors (Lipinski definition) is 7. The zero-order chi connectivity index (χ0) is 21.1. The standard InChI is InChI=1S/C21H20N2O7/c1-27-15-5-2-13(3-6-15)16-11-21(30-23-16,12-19(24)25)20(26)22-14-4-7-17-18(10-14)29-9-8-28-17/h2-7,10H,8-9,11-12H2,1H3,(H,22,26)(H,24,25)/t21-/m0/s1. The van der Waals surface area contributed by atoms with Gasteiger partial charge >= 0.3 is 5.97 Å². The lowest BCUT2D eigenvalue weighted by Gasteiger charge is -2.24. The second-order valence-electron chi connectivity index (χ2n) is 6.91. The highest BCUT2D eigenvalue weighted by Gasteiger charge is 2.48. The molecule has 4 rings (SSSR count). The number of nitrogens with zero attached hydrogens (tertiary/aromatic N) is 1. The maximum Gasteiger partial charge on any atom is 0.308 e. The van der Waals surface area contributed by atoms with E-state index in [1.807, 2.05) is 0 Å². The molecule has 1 atom stereocenters. The van der Waals surface area contributed by atoms with Gasteiger partial charge in [-0.3, -0.25) is 9.59 Å². The number of rotatable bonds is 6. The van der Waals surface area contributed by atoms with Gasteiger partial charge in [-0.25, -0.2) is 0 Å². The highest BCUT2D eigenvalue weighted by atomic mass is 16.7. The predicted octanol–water partition coefficient (Wildman–Crippen LogP) is 2.44. The Bertz CT molecular complexity index is 1000. The quantitative estimate of drug-likeness (QED) is 0.749. The molecule has 2 aliphatic rings. The Morgan fingerprint density at radius 2 is 1.87 bits per heavy atom. The Kier molecular flexibility index (Phi) is 5.18. The van der Waals surface area contributed by atoms with Gasteiger partial charge in [0.1, 0.15) is 19.0 Å². The smallest absolute Gasteiger partial charge is 0.308 e. The Morgan fingerprint density at radius 3 is 2.57 bits per heavy atom. The lowest BCUT2D eigenvalue weighted by Crippen LogP contribution is -2.45. The van der Waals surface area contributed by atoms with Crippen LogP contribution in [0.1, 0.15) is 18.4 Å². The van der Waals surface area contributed by atoms with Crippen molar-refractivity contribution < 1.29 is 33.7 Å². The molecule has 2 heterocycles. The number of oxime groups is 1. The molecule has 0 saturated carbocycles. The van der Waals surface area contributed by atoms with E-state index in [-0.39, 0.29) is 6.42 Å². The number of aliphatic carboxylic acids is 1. The van der Waals surface area contributed by atoms with Crippen LogP contribution in [0.4, 0.5) is 5.69 Å². The van der Waals surface area contributed by atoms with Crippen molar-refractivity contribution in [3.63, 3.8) is 0 Å². The minimum atomic E-state index is -1.66. The van der Waals surface area contributed by atoms with Crippen molar-refractivity contribution in [2.45, 2.75) is 18.4 Å². The summed E-state index contributed by atoms with van der Waals surface area (Å²) >= 11 is 0. The minimum absolute atomic E-state index is 0.0159. The SMILES string of the molecule is COc1ccc(C2=NO[C@@](CC(=O)O)(C(=O)Nc3ccc4c(c3)OCCO4)C2)cc1. The third-order valence-corrected chi connectivity index (χ3v) is 4.86. The largest absolute Gasteiger partial charge is 0.497 e. The summed E-state index contributed by atoms with van der Waals surface area (Å²) in [6.07, 6.45) is -0.519. The van der Waals surface area contributed by atoms with Gasteiger partial charge in [0.15, 0.2) is 11.5 Å². The number of methoxy groups -OCH3 is 1. The molecule has 2 N–H and O–H groups in total. The van der Waals surface area contributed by atoms with Crippen LogP contribution in [0.25, 0.3) is 0 Å². The molecular formula is C21H20N2O7. The number of benzene rings is 2. The van der Waals surface area contributed by atoms with Crippen molar-refractivity contribution >= 4 is 23.3 Å². The Hall–Kier alpha value is -3.75. The summed E-state index contributed by atoms with van der Waals surface area (Å²) in [4.78, 5) is 30.0. The Morgan fingerprint density at radius 1 is 1.13 bits per heavy atom. The molecule has 30 heavy (non-hydrogen) atoms. The summed E-state index contributed by atoms with van der Waals surface area (Å²) in [6, 6.07) is 12.0.